The van der Waals surface area contributed by atoms with Crippen LogP contribution in [0.15, 0.2) is 0 Å². The van der Waals surface area contributed by atoms with Crippen molar-refractivity contribution in [2.24, 2.45) is 5.90 Å². The van der Waals surface area contributed by atoms with E-state index >= 15 is 0 Å². The summed E-state index contributed by atoms with van der Waals surface area (Å²) in [4.78, 5) is 23.0. The number of unbranched alkanes of at least 4 members (excludes halogenated alkanes) is 9. The normalized spacial score (nSPS) is 8.36. The monoisotopic (exact) mass is 381 g/mol. The maximum atomic E-state index is 9.83. The average molecular weight is 382 g/mol. The molecule has 0 fully saturated rings. The predicted octanol–water partition coefficient (Wildman–Crippen LogP) is 3.92. The Morgan fingerprint density at radius 1 is 0.720 bits per heavy atom. The number of hydrogen-bond acceptors (Lipinski definition) is 4. The molecule has 0 bridgehead atoms. The second-order valence-corrected chi connectivity index (χ2v) is 5.42. The van der Waals surface area contributed by atoms with E-state index in [0.29, 0.717) is 6.42 Å². The molecule has 0 aliphatic heterocycles. The molecule has 0 heterocycles. The van der Waals surface area contributed by atoms with Gasteiger partial charge < -0.3 is 9.94 Å². The van der Waals surface area contributed by atoms with E-state index in [9.17, 15) is 9.59 Å². The van der Waals surface area contributed by atoms with Crippen LogP contribution < -0.4 is 5.90 Å². The predicted molar refractivity (Wildman–Crippen MR) is 110 cm³/mol. The van der Waals surface area contributed by atoms with E-state index in [1.165, 1.54) is 64.2 Å². The van der Waals surface area contributed by atoms with Crippen molar-refractivity contribution in [2.45, 2.75) is 105 Å². The van der Waals surface area contributed by atoms with E-state index in [2.05, 4.69) is 24.6 Å². The molecule has 0 spiro atoms. The molecule has 0 rings (SSSR count). The first-order chi connectivity index (χ1) is 11.0. The molecule has 25 heavy (non-hydrogen) atoms. The van der Waals surface area contributed by atoms with Gasteiger partial charge in [-0.05, 0) is 0 Å². The van der Waals surface area contributed by atoms with Gasteiger partial charge in [0.1, 0.15) is 0 Å². The molecule has 0 atom stereocenters. The zero-order chi connectivity index (χ0) is 18.3. The first-order valence-electron chi connectivity index (χ1n) is 9.11. The number of aliphatic carboxylic acids is 1. The number of carboxylic acids is 1. The molecule has 0 aliphatic rings. The quantitative estimate of drug-likeness (QED) is 0.322. The summed E-state index contributed by atoms with van der Waals surface area (Å²) in [5.74, 6) is 3.31. The van der Waals surface area contributed by atoms with Gasteiger partial charge >= 0.3 is 71.1 Å². The number of rotatable bonds is 11. The van der Waals surface area contributed by atoms with Crippen molar-refractivity contribution >= 4 is 71.1 Å². The second-order valence-electron chi connectivity index (χ2n) is 5.42. The van der Waals surface area contributed by atoms with Gasteiger partial charge in [-0.2, -0.15) is 5.90 Å². The van der Waals surface area contributed by atoms with E-state index in [0.717, 1.165) is 0 Å². The molecule has 0 radical (unpaired) electrons. The van der Waals surface area contributed by atoms with Crippen LogP contribution in [-0.2, 0) is 14.4 Å². The van der Waals surface area contributed by atoms with Crippen LogP contribution in [0.5, 0.6) is 0 Å². The topological polar surface area (TPSA) is 89.6 Å². The summed E-state index contributed by atoms with van der Waals surface area (Å²) in [5, 5.41) is 7.72. The van der Waals surface area contributed by atoms with Gasteiger partial charge in [-0.25, -0.2) is 0 Å². The van der Waals surface area contributed by atoms with Crippen molar-refractivity contribution in [3.63, 3.8) is 0 Å². The standard InChI is InChI=1S/C12H26.C3H7NO2.C3H6O2.2Na.2H/c1-3-5-7-9-11-12-10-8-6-4-2;1-2-3(5)6-4;1-2-3(4)5;;;;/h3-12H2,1-2H3;2,4H2,1H3;2H2,1H3,(H,4,5);;;;. The van der Waals surface area contributed by atoms with Gasteiger partial charge in [-0.3, -0.25) is 9.59 Å². The Morgan fingerprint density at radius 2 is 1.00 bits per heavy atom. The fraction of sp³-hybridized carbons (Fsp3) is 0.889. The Balaban J connectivity index is -0.0000000873. The molecule has 0 saturated carbocycles. The summed E-state index contributed by atoms with van der Waals surface area (Å²) in [7, 11) is 0. The van der Waals surface area contributed by atoms with Gasteiger partial charge in [0, 0.05) is 12.8 Å². The van der Waals surface area contributed by atoms with Crippen LogP contribution in [-0.4, -0.2) is 76.2 Å². The van der Waals surface area contributed by atoms with E-state index in [4.69, 9.17) is 5.11 Å². The van der Waals surface area contributed by atoms with Gasteiger partial charge in [0.05, 0.1) is 0 Å². The Bertz CT molecular complexity index is 239. The summed E-state index contributed by atoms with van der Waals surface area (Å²) < 4.78 is 0. The molecule has 3 N–H and O–H groups in total. The Labute approximate surface area is 199 Å². The molecule has 7 heteroatoms. The molecule has 0 aromatic heterocycles. The van der Waals surface area contributed by atoms with Crippen molar-refractivity contribution < 1.29 is 19.5 Å². The molecule has 0 unspecified atom stereocenters. The van der Waals surface area contributed by atoms with Crippen LogP contribution in [0.1, 0.15) is 105 Å². The van der Waals surface area contributed by atoms with Crippen LogP contribution in [0, 0.1) is 0 Å². The van der Waals surface area contributed by atoms with E-state index in [1.807, 2.05) is 0 Å². The number of nitrogens with two attached hydrogens (primary N) is 1. The van der Waals surface area contributed by atoms with Crippen molar-refractivity contribution in [2.75, 3.05) is 0 Å². The number of hydrogen-bond donors (Lipinski definition) is 2. The summed E-state index contributed by atoms with van der Waals surface area (Å²) in [6.45, 7) is 7.83. The third-order valence-electron chi connectivity index (χ3n) is 3.18. The Hall–Kier alpha value is 0.900. The minimum atomic E-state index is -0.745. The second kappa shape index (κ2) is 35.9. The van der Waals surface area contributed by atoms with Gasteiger partial charge in [-0.1, -0.05) is 91.9 Å². The number of carboxylic acid groups (broad SMARTS) is 1. The molecule has 0 aromatic rings. The first-order valence-corrected chi connectivity index (χ1v) is 9.11. The van der Waals surface area contributed by atoms with E-state index in [-0.39, 0.29) is 71.5 Å². The SMILES string of the molecule is CCC(=O)O.CCC(=O)ON.CCCCCCCCCCCC.[NaH].[NaH]. The van der Waals surface area contributed by atoms with Gasteiger partial charge in [0.15, 0.2) is 0 Å². The van der Waals surface area contributed by atoms with Crippen LogP contribution in [0.4, 0.5) is 0 Å². The fourth-order valence-corrected chi connectivity index (χ4v) is 1.64. The average Bonchev–Trinajstić information content (AvgIpc) is 2.57. The van der Waals surface area contributed by atoms with Crippen LogP contribution in [0.3, 0.4) is 0 Å². The van der Waals surface area contributed by atoms with Gasteiger partial charge in [0.25, 0.3) is 0 Å². The minimum absolute atomic E-state index is 0. The number of carbonyl (C=O) groups is 2. The van der Waals surface area contributed by atoms with Crippen LogP contribution >= 0.6 is 0 Å². The molecular weight excluding hydrogens is 340 g/mol. The Kier molecular flexibility index (Phi) is 52.8. The van der Waals surface area contributed by atoms with E-state index in [1.54, 1.807) is 13.8 Å². The molecular formula is C18H41NNa2O4. The van der Waals surface area contributed by atoms with Crippen molar-refractivity contribution in [3.05, 3.63) is 0 Å². The van der Waals surface area contributed by atoms with Gasteiger partial charge in [-0.15, -0.1) is 0 Å². The van der Waals surface area contributed by atoms with Crippen molar-refractivity contribution in [1.82, 2.24) is 0 Å². The number of carbonyl (C=O) groups excluding carboxylic acids is 1. The van der Waals surface area contributed by atoms with Crippen LogP contribution in [0.25, 0.3) is 0 Å². The summed E-state index contributed by atoms with van der Waals surface area (Å²) in [6.07, 6.45) is 15.0. The zero-order valence-electron chi connectivity index (χ0n) is 15.7. The Morgan fingerprint density at radius 3 is 1.12 bits per heavy atom. The zero-order valence-corrected chi connectivity index (χ0v) is 15.7. The molecule has 0 saturated heterocycles. The van der Waals surface area contributed by atoms with Crippen LogP contribution in [0.2, 0.25) is 0 Å². The van der Waals surface area contributed by atoms with Crippen molar-refractivity contribution in [1.29, 1.82) is 0 Å². The molecule has 0 aromatic carbocycles. The first kappa shape index (κ1) is 36.8. The molecule has 0 amide bonds. The maximum absolute atomic E-state index is 9.83. The third kappa shape index (κ3) is 51.7. The molecule has 0 aliphatic carbocycles. The third-order valence-corrected chi connectivity index (χ3v) is 3.18. The van der Waals surface area contributed by atoms with Gasteiger partial charge in [0.2, 0.25) is 0 Å². The fourth-order valence-electron chi connectivity index (χ4n) is 1.64. The van der Waals surface area contributed by atoms with E-state index < -0.39 is 5.97 Å². The van der Waals surface area contributed by atoms with Crippen molar-refractivity contribution in [3.8, 4) is 0 Å². The molecule has 144 valence electrons. The summed E-state index contributed by atoms with van der Waals surface area (Å²) in [6, 6.07) is 0. The summed E-state index contributed by atoms with van der Waals surface area (Å²) >= 11 is 0. The molecule has 5 nitrogen and oxygen atoms in total. The summed E-state index contributed by atoms with van der Waals surface area (Å²) in [5.41, 5.74) is 0.